The highest BCUT2D eigenvalue weighted by atomic mass is 19.1. The number of methoxy groups -OCH3 is 1. The summed E-state index contributed by atoms with van der Waals surface area (Å²) < 4.78 is 19.5. The highest BCUT2D eigenvalue weighted by molar-refractivity contribution is 5.59. The first kappa shape index (κ1) is 15.4. The monoisotopic (exact) mass is 290 g/mol. The predicted molar refractivity (Wildman–Crippen MR) is 80.7 cm³/mol. The van der Waals surface area contributed by atoms with Gasteiger partial charge in [-0.05, 0) is 35.9 Å². The molecule has 0 aliphatic heterocycles. The molecule has 112 valence electrons. The van der Waals surface area contributed by atoms with Crippen molar-refractivity contribution < 1.29 is 9.13 Å². The SMILES string of the molecule is COCCNCc1ccc(-c2ccc(F)cc2)n(C)c1=O. The molecular weight excluding hydrogens is 271 g/mol. The van der Waals surface area contributed by atoms with Crippen LogP contribution in [-0.2, 0) is 18.3 Å². The summed E-state index contributed by atoms with van der Waals surface area (Å²) in [6, 6.07) is 9.80. The lowest BCUT2D eigenvalue weighted by Gasteiger charge is -2.11. The van der Waals surface area contributed by atoms with Crippen molar-refractivity contribution in [2.45, 2.75) is 6.54 Å². The topological polar surface area (TPSA) is 43.3 Å². The lowest BCUT2D eigenvalue weighted by atomic mass is 10.1. The molecule has 0 radical (unpaired) electrons. The molecule has 1 aromatic heterocycles. The minimum atomic E-state index is -0.289. The van der Waals surface area contributed by atoms with Crippen molar-refractivity contribution in [3.05, 3.63) is 58.1 Å². The molecule has 1 aromatic carbocycles. The minimum Gasteiger partial charge on any atom is -0.383 e. The third-order valence-corrected chi connectivity index (χ3v) is 3.32. The van der Waals surface area contributed by atoms with Gasteiger partial charge in [-0.2, -0.15) is 0 Å². The highest BCUT2D eigenvalue weighted by Gasteiger charge is 2.07. The van der Waals surface area contributed by atoms with E-state index in [1.54, 1.807) is 36.9 Å². The fourth-order valence-corrected chi connectivity index (χ4v) is 2.13. The van der Waals surface area contributed by atoms with Crippen LogP contribution in [0, 0.1) is 5.82 Å². The number of benzene rings is 1. The van der Waals surface area contributed by atoms with Gasteiger partial charge in [0, 0.05) is 32.8 Å². The van der Waals surface area contributed by atoms with E-state index in [0.717, 1.165) is 11.3 Å². The number of nitrogens with zero attached hydrogens (tertiary/aromatic N) is 1. The average Bonchev–Trinajstić information content (AvgIpc) is 2.49. The second-order valence-electron chi connectivity index (χ2n) is 4.78. The van der Waals surface area contributed by atoms with Crippen molar-refractivity contribution in [1.82, 2.24) is 9.88 Å². The molecular formula is C16H19FN2O2. The average molecular weight is 290 g/mol. The van der Waals surface area contributed by atoms with Crippen molar-refractivity contribution in [2.24, 2.45) is 7.05 Å². The molecule has 0 spiro atoms. The number of halogens is 1. The predicted octanol–water partition coefficient (Wildman–Crippen LogP) is 1.93. The van der Waals surface area contributed by atoms with Gasteiger partial charge in [0.25, 0.3) is 5.56 Å². The quantitative estimate of drug-likeness (QED) is 0.827. The van der Waals surface area contributed by atoms with E-state index in [1.807, 2.05) is 6.07 Å². The molecule has 0 aliphatic carbocycles. The van der Waals surface area contributed by atoms with Crippen molar-refractivity contribution in [2.75, 3.05) is 20.3 Å². The van der Waals surface area contributed by atoms with Crippen LogP contribution in [0.3, 0.4) is 0 Å². The van der Waals surface area contributed by atoms with Crippen LogP contribution in [0.25, 0.3) is 11.3 Å². The van der Waals surface area contributed by atoms with Crippen molar-refractivity contribution in [3.8, 4) is 11.3 Å². The van der Waals surface area contributed by atoms with E-state index >= 15 is 0 Å². The molecule has 1 N–H and O–H groups in total. The fraction of sp³-hybridized carbons (Fsp3) is 0.312. The number of pyridine rings is 1. The van der Waals surface area contributed by atoms with Crippen LogP contribution in [0.1, 0.15) is 5.56 Å². The van der Waals surface area contributed by atoms with Crippen LogP contribution < -0.4 is 10.9 Å². The number of hydrogen-bond donors (Lipinski definition) is 1. The summed E-state index contributed by atoms with van der Waals surface area (Å²) in [6.07, 6.45) is 0. The summed E-state index contributed by atoms with van der Waals surface area (Å²) in [6.45, 7) is 1.80. The number of rotatable bonds is 6. The Labute approximate surface area is 123 Å². The van der Waals surface area contributed by atoms with Gasteiger partial charge in [-0.25, -0.2) is 4.39 Å². The number of aromatic nitrogens is 1. The largest absolute Gasteiger partial charge is 0.383 e. The normalized spacial score (nSPS) is 10.8. The summed E-state index contributed by atoms with van der Waals surface area (Å²) in [5, 5.41) is 3.15. The van der Waals surface area contributed by atoms with Crippen LogP contribution in [-0.4, -0.2) is 24.8 Å². The highest BCUT2D eigenvalue weighted by Crippen LogP contribution is 2.17. The van der Waals surface area contributed by atoms with Gasteiger partial charge in [0.2, 0.25) is 0 Å². The first-order valence-electron chi connectivity index (χ1n) is 6.78. The Balaban J connectivity index is 2.21. The molecule has 0 fully saturated rings. The van der Waals surface area contributed by atoms with Crippen molar-refractivity contribution in [3.63, 3.8) is 0 Å². The smallest absolute Gasteiger partial charge is 0.255 e. The summed E-state index contributed by atoms with van der Waals surface area (Å²) >= 11 is 0. The summed E-state index contributed by atoms with van der Waals surface area (Å²) in [7, 11) is 3.36. The van der Waals surface area contributed by atoms with E-state index in [4.69, 9.17) is 4.74 Å². The molecule has 0 unspecified atom stereocenters. The Morgan fingerprint density at radius 1 is 1.19 bits per heavy atom. The number of ether oxygens (including phenoxy) is 1. The molecule has 0 saturated heterocycles. The van der Waals surface area contributed by atoms with Gasteiger partial charge >= 0.3 is 0 Å². The summed E-state index contributed by atoms with van der Waals surface area (Å²) in [4.78, 5) is 12.3. The molecule has 21 heavy (non-hydrogen) atoms. The first-order chi connectivity index (χ1) is 10.1. The van der Waals surface area contributed by atoms with Gasteiger partial charge in [-0.1, -0.05) is 6.07 Å². The first-order valence-corrected chi connectivity index (χ1v) is 6.78. The molecule has 0 amide bonds. The number of nitrogens with one attached hydrogen (secondary N) is 1. The molecule has 2 aromatic rings. The van der Waals surface area contributed by atoms with Gasteiger partial charge in [0.15, 0.2) is 0 Å². The zero-order valence-corrected chi connectivity index (χ0v) is 12.2. The standard InChI is InChI=1S/C16H19FN2O2/c1-19-15(12-3-6-14(17)7-4-12)8-5-13(16(19)20)11-18-9-10-21-2/h3-8,18H,9-11H2,1-2H3. The summed E-state index contributed by atoms with van der Waals surface area (Å²) in [5.74, 6) is -0.289. The molecule has 0 atom stereocenters. The second kappa shape index (κ2) is 7.15. The van der Waals surface area contributed by atoms with Crippen molar-refractivity contribution in [1.29, 1.82) is 0 Å². The Hall–Kier alpha value is -1.98. The van der Waals surface area contributed by atoms with E-state index in [-0.39, 0.29) is 11.4 Å². The van der Waals surface area contributed by atoms with Crippen LogP contribution in [0.15, 0.2) is 41.2 Å². The molecule has 0 saturated carbocycles. The van der Waals surface area contributed by atoms with Gasteiger partial charge in [0.1, 0.15) is 5.82 Å². The third-order valence-electron chi connectivity index (χ3n) is 3.32. The molecule has 4 nitrogen and oxygen atoms in total. The second-order valence-corrected chi connectivity index (χ2v) is 4.78. The van der Waals surface area contributed by atoms with Gasteiger partial charge in [-0.15, -0.1) is 0 Å². The van der Waals surface area contributed by atoms with E-state index < -0.39 is 0 Å². The van der Waals surface area contributed by atoms with E-state index in [0.29, 0.717) is 25.3 Å². The lowest BCUT2D eigenvalue weighted by molar-refractivity contribution is 0.199. The van der Waals surface area contributed by atoms with E-state index in [1.165, 1.54) is 12.1 Å². The van der Waals surface area contributed by atoms with Crippen LogP contribution in [0.2, 0.25) is 0 Å². The van der Waals surface area contributed by atoms with Crippen LogP contribution >= 0.6 is 0 Å². The number of hydrogen-bond acceptors (Lipinski definition) is 3. The molecule has 2 rings (SSSR count). The zero-order chi connectivity index (χ0) is 15.2. The van der Waals surface area contributed by atoms with Gasteiger partial charge in [-0.3, -0.25) is 4.79 Å². The molecule has 0 aliphatic rings. The van der Waals surface area contributed by atoms with Crippen molar-refractivity contribution >= 4 is 0 Å². The Kier molecular flexibility index (Phi) is 5.25. The van der Waals surface area contributed by atoms with E-state index in [9.17, 15) is 9.18 Å². The van der Waals surface area contributed by atoms with Gasteiger partial charge < -0.3 is 14.6 Å². The maximum Gasteiger partial charge on any atom is 0.255 e. The molecule has 0 bridgehead atoms. The maximum atomic E-state index is 13.0. The Bertz CT molecular complexity index is 650. The zero-order valence-electron chi connectivity index (χ0n) is 12.2. The Morgan fingerprint density at radius 3 is 2.57 bits per heavy atom. The minimum absolute atomic E-state index is 0.0539. The lowest BCUT2D eigenvalue weighted by Crippen LogP contribution is -2.27. The van der Waals surface area contributed by atoms with Crippen LogP contribution in [0.5, 0.6) is 0 Å². The summed E-state index contributed by atoms with van der Waals surface area (Å²) in [5.41, 5.74) is 2.22. The Morgan fingerprint density at radius 2 is 1.90 bits per heavy atom. The van der Waals surface area contributed by atoms with Crippen LogP contribution in [0.4, 0.5) is 4.39 Å². The van der Waals surface area contributed by atoms with E-state index in [2.05, 4.69) is 5.32 Å². The fourth-order valence-electron chi connectivity index (χ4n) is 2.13. The van der Waals surface area contributed by atoms with Gasteiger partial charge in [0.05, 0.1) is 12.3 Å². The maximum absolute atomic E-state index is 13.0. The molecule has 1 heterocycles. The molecule has 5 heteroatoms. The third kappa shape index (κ3) is 3.77.